The number of hydrogen-bond acceptors (Lipinski definition) is 4. The van der Waals surface area contributed by atoms with Gasteiger partial charge in [0, 0.05) is 13.0 Å². The molecule has 1 fully saturated rings. The first kappa shape index (κ1) is 20.7. The van der Waals surface area contributed by atoms with Crippen molar-refractivity contribution < 1.29 is 24.1 Å². The van der Waals surface area contributed by atoms with E-state index < -0.39 is 0 Å². The number of piperazine rings is 1. The number of nitrogens with zero attached hydrogens (tertiary/aromatic N) is 2. The maximum absolute atomic E-state index is 13.0. The monoisotopic (exact) mass is 421 g/mol. The van der Waals surface area contributed by atoms with E-state index in [-0.39, 0.29) is 36.6 Å². The zero-order chi connectivity index (χ0) is 22.0. The van der Waals surface area contributed by atoms with Crippen molar-refractivity contribution in [3.05, 3.63) is 65.2 Å². The number of hydrogen-bond donors (Lipinski definition) is 2. The van der Waals surface area contributed by atoms with Crippen molar-refractivity contribution in [2.45, 2.75) is 6.42 Å². The number of carbonyl (C=O) groups excluding carboxylic acids is 4. The SMILES string of the molecule is C[NH+]1CCN(C(=O)c2ccccc2NC(=O)CCN2C(=O)c3ccccc3C2=O)CC1. The van der Waals surface area contributed by atoms with Gasteiger partial charge in [0.25, 0.3) is 17.7 Å². The number of fused-ring (bicyclic) bond motifs is 1. The van der Waals surface area contributed by atoms with Gasteiger partial charge in [-0.3, -0.25) is 24.1 Å². The fraction of sp³-hybridized carbons (Fsp3) is 0.304. The van der Waals surface area contributed by atoms with Crippen molar-refractivity contribution >= 4 is 29.3 Å². The summed E-state index contributed by atoms with van der Waals surface area (Å²) < 4.78 is 0. The molecule has 31 heavy (non-hydrogen) atoms. The van der Waals surface area contributed by atoms with Gasteiger partial charge in [-0.25, -0.2) is 0 Å². The Morgan fingerprint density at radius 3 is 2.16 bits per heavy atom. The van der Waals surface area contributed by atoms with E-state index in [1.54, 1.807) is 53.4 Å². The summed E-state index contributed by atoms with van der Waals surface area (Å²) in [4.78, 5) is 54.7. The van der Waals surface area contributed by atoms with Gasteiger partial charge in [-0.15, -0.1) is 0 Å². The number of nitrogens with one attached hydrogen (secondary N) is 2. The van der Waals surface area contributed by atoms with Gasteiger partial charge in [-0.05, 0) is 24.3 Å². The smallest absolute Gasteiger partial charge is 0.261 e. The lowest BCUT2D eigenvalue weighted by Gasteiger charge is -2.30. The van der Waals surface area contributed by atoms with E-state index in [2.05, 4.69) is 12.4 Å². The maximum atomic E-state index is 13.0. The van der Waals surface area contributed by atoms with Crippen LogP contribution in [0.1, 0.15) is 37.5 Å². The van der Waals surface area contributed by atoms with E-state index in [9.17, 15) is 19.2 Å². The molecule has 8 heteroatoms. The van der Waals surface area contributed by atoms with Crippen molar-refractivity contribution in [3.8, 4) is 0 Å². The fourth-order valence-corrected chi connectivity index (χ4v) is 3.91. The van der Waals surface area contributed by atoms with Crippen LogP contribution in [0.5, 0.6) is 0 Å². The van der Waals surface area contributed by atoms with Crippen LogP contribution in [0.4, 0.5) is 5.69 Å². The van der Waals surface area contributed by atoms with Gasteiger partial charge in [-0.2, -0.15) is 0 Å². The predicted molar refractivity (Wildman–Crippen MR) is 114 cm³/mol. The number of rotatable bonds is 5. The quantitative estimate of drug-likeness (QED) is 0.679. The summed E-state index contributed by atoms with van der Waals surface area (Å²) in [5, 5.41) is 2.77. The van der Waals surface area contributed by atoms with Gasteiger partial charge in [-0.1, -0.05) is 24.3 Å². The van der Waals surface area contributed by atoms with Gasteiger partial charge in [0.15, 0.2) is 0 Å². The Labute approximate surface area is 180 Å². The molecular formula is C23H25N4O4+. The zero-order valence-electron chi connectivity index (χ0n) is 17.4. The molecule has 2 aromatic carbocycles. The second-order valence-electron chi connectivity index (χ2n) is 7.90. The standard InChI is InChI=1S/C23H24N4O4/c1-25-12-14-26(15-13-25)21(29)18-8-4-5-9-19(18)24-20(28)10-11-27-22(30)16-6-2-3-7-17(16)23(27)31/h2-9H,10-15H2,1H3,(H,24,28)/p+1. The summed E-state index contributed by atoms with van der Waals surface area (Å²) in [5.74, 6) is -1.24. The van der Waals surface area contributed by atoms with Gasteiger partial charge in [0.2, 0.25) is 5.91 Å². The molecule has 0 bridgehead atoms. The Bertz CT molecular complexity index is 1010. The number of quaternary nitrogens is 1. The molecule has 2 heterocycles. The summed E-state index contributed by atoms with van der Waals surface area (Å²) >= 11 is 0. The Balaban J connectivity index is 1.39. The number of amides is 4. The van der Waals surface area contributed by atoms with Crippen LogP contribution in [0.25, 0.3) is 0 Å². The van der Waals surface area contributed by atoms with Gasteiger partial charge in [0.05, 0.1) is 55.6 Å². The third-order valence-electron chi connectivity index (χ3n) is 5.78. The highest BCUT2D eigenvalue weighted by molar-refractivity contribution is 6.21. The molecule has 0 saturated carbocycles. The van der Waals surface area contributed by atoms with E-state index in [0.717, 1.165) is 18.0 Å². The maximum Gasteiger partial charge on any atom is 0.261 e. The Hall–Kier alpha value is -3.52. The molecule has 0 radical (unpaired) electrons. The molecule has 0 unspecified atom stereocenters. The second-order valence-corrected chi connectivity index (χ2v) is 7.90. The van der Waals surface area contributed by atoms with E-state index in [0.29, 0.717) is 35.5 Å². The topological polar surface area (TPSA) is 91.2 Å². The van der Waals surface area contributed by atoms with Crippen LogP contribution < -0.4 is 10.2 Å². The summed E-state index contributed by atoms with van der Waals surface area (Å²) in [5.41, 5.74) is 1.60. The third-order valence-corrected chi connectivity index (χ3v) is 5.78. The average Bonchev–Trinajstić information content (AvgIpc) is 3.03. The summed E-state index contributed by atoms with van der Waals surface area (Å²) in [6.45, 7) is 3.11. The minimum Gasteiger partial charge on any atom is -0.334 e. The van der Waals surface area contributed by atoms with Crippen molar-refractivity contribution in [1.29, 1.82) is 0 Å². The number of anilines is 1. The van der Waals surface area contributed by atoms with Crippen molar-refractivity contribution in [3.63, 3.8) is 0 Å². The first-order chi connectivity index (χ1) is 15.0. The highest BCUT2D eigenvalue weighted by atomic mass is 16.2. The van der Waals surface area contributed by atoms with Crippen molar-refractivity contribution in [2.75, 3.05) is 45.1 Å². The molecule has 8 nitrogen and oxygen atoms in total. The molecular weight excluding hydrogens is 396 g/mol. The first-order valence-corrected chi connectivity index (χ1v) is 10.4. The van der Waals surface area contributed by atoms with Crippen LogP contribution in [-0.2, 0) is 4.79 Å². The molecule has 2 aliphatic rings. The molecule has 4 amide bonds. The molecule has 1 saturated heterocycles. The zero-order valence-corrected chi connectivity index (χ0v) is 17.4. The van der Waals surface area contributed by atoms with E-state index >= 15 is 0 Å². The van der Waals surface area contributed by atoms with Crippen LogP contribution in [0.3, 0.4) is 0 Å². The number of likely N-dealkylation sites (N-methyl/N-ethyl adjacent to an activating group) is 1. The number of carbonyl (C=O) groups is 4. The van der Waals surface area contributed by atoms with Gasteiger partial charge in [0.1, 0.15) is 0 Å². The number of para-hydroxylation sites is 1. The Morgan fingerprint density at radius 2 is 1.52 bits per heavy atom. The molecule has 2 aliphatic heterocycles. The van der Waals surface area contributed by atoms with E-state index in [1.165, 1.54) is 4.90 Å². The second kappa shape index (κ2) is 8.69. The largest absolute Gasteiger partial charge is 0.334 e. The van der Waals surface area contributed by atoms with Crippen LogP contribution in [0.2, 0.25) is 0 Å². The van der Waals surface area contributed by atoms with Crippen LogP contribution in [0.15, 0.2) is 48.5 Å². The van der Waals surface area contributed by atoms with Gasteiger partial charge < -0.3 is 15.1 Å². The third kappa shape index (κ3) is 4.20. The number of benzene rings is 2. The summed E-state index contributed by atoms with van der Waals surface area (Å²) in [7, 11) is 2.10. The van der Waals surface area contributed by atoms with Crippen molar-refractivity contribution in [1.82, 2.24) is 9.80 Å². The number of imide groups is 1. The highest BCUT2D eigenvalue weighted by Crippen LogP contribution is 2.23. The lowest BCUT2D eigenvalue weighted by atomic mass is 10.1. The summed E-state index contributed by atoms with van der Waals surface area (Å²) in [6.07, 6.45) is -0.0497. The molecule has 2 N–H and O–H groups in total. The van der Waals surface area contributed by atoms with Crippen LogP contribution >= 0.6 is 0 Å². The lowest BCUT2D eigenvalue weighted by molar-refractivity contribution is -0.883. The van der Waals surface area contributed by atoms with E-state index in [1.807, 2.05) is 0 Å². The Morgan fingerprint density at radius 1 is 0.935 bits per heavy atom. The van der Waals surface area contributed by atoms with Crippen molar-refractivity contribution in [2.24, 2.45) is 0 Å². The normalized spacial score (nSPS) is 16.4. The fourth-order valence-electron chi connectivity index (χ4n) is 3.91. The lowest BCUT2D eigenvalue weighted by Crippen LogP contribution is -3.12. The molecule has 0 aromatic heterocycles. The molecule has 160 valence electrons. The summed E-state index contributed by atoms with van der Waals surface area (Å²) in [6, 6.07) is 13.5. The molecule has 0 atom stereocenters. The van der Waals surface area contributed by atoms with E-state index in [4.69, 9.17) is 0 Å². The molecule has 2 aromatic rings. The average molecular weight is 421 g/mol. The predicted octanol–water partition coefficient (Wildman–Crippen LogP) is 0.282. The highest BCUT2D eigenvalue weighted by Gasteiger charge is 2.35. The minimum absolute atomic E-state index is 0.0183. The Kier molecular flexibility index (Phi) is 5.81. The van der Waals surface area contributed by atoms with Crippen LogP contribution in [-0.4, -0.2) is 73.2 Å². The first-order valence-electron chi connectivity index (χ1n) is 10.4. The molecule has 0 spiro atoms. The minimum atomic E-state index is -0.388. The molecule has 0 aliphatic carbocycles. The molecule has 4 rings (SSSR count). The van der Waals surface area contributed by atoms with Crippen LogP contribution in [0, 0.1) is 0 Å². The van der Waals surface area contributed by atoms with Gasteiger partial charge >= 0.3 is 0 Å².